The van der Waals surface area contributed by atoms with E-state index in [0.29, 0.717) is 45.8 Å². The second-order valence-corrected chi connectivity index (χ2v) is 13.0. The molecule has 0 aliphatic carbocycles. The molecule has 2 bridgehead atoms. The number of amides is 3. The van der Waals surface area contributed by atoms with Crippen molar-refractivity contribution >= 4 is 35.2 Å². The van der Waals surface area contributed by atoms with Gasteiger partial charge in [0.05, 0.1) is 42.4 Å². The first-order valence-corrected chi connectivity index (χ1v) is 15.5. The Balaban J connectivity index is 1.47. The number of thioether (sulfide) groups is 1. The SMILES string of the molecule is C=CCN(CCN1CCOCC1)C(=O)C1N([C@H](C)CO)C(=O)[C@@H]2[C@H](C(=O)N(CC=C)c3ccccc3)[C@@H]3CCC12S3. The lowest BCUT2D eigenvalue weighted by molar-refractivity contribution is -0.145. The summed E-state index contributed by atoms with van der Waals surface area (Å²) in [5, 5.41) is 10.1. The standard InChI is InChI=1S/C31H42N4O5S/c1-4-13-33(16-15-32-17-19-40-20-18-32)30(39)27-31-12-11-24(41-31)25(26(31)29(38)35(27)22(3)21-36)28(37)34(14-5-2)23-9-7-6-8-10-23/h4-10,22,24-27,36H,1-2,11-21H2,3H3/t22-,24+,25-,26+,27?,31?/m1/s1. The van der Waals surface area contributed by atoms with E-state index in [1.54, 1.807) is 45.5 Å². The highest BCUT2D eigenvalue weighted by Crippen LogP contribution is 2.67. The van der Waals surface area contributed by atoms with Crippen LogP contribution in [0.25, 0.3) is 0 Å². The minimum atomic E-state index is -0.746. The number of aliphatic hydroxyl groups excluding tert-OH is 1. The molecule has 4 aliphatic heterocycles. The summed E-state index contributed by atoms with van der Waals surface area (Å²) < 4.78 is 4.76. The quantitative estimate of drug-likeness (QED) is 0.377. The molecule has 222 valence electrons. The molecular formula is C31H42N4O5S. The van der Waals surface area contributed by atoms with E-state index in [9.17, 15) is 19.5 Å². The van der Waals surface area contributed by atoms with Gasteiger partial charge in [-0.15, -0.1) is 24.9 Å². The molecule has 9 nitrogen and oxygen atoms in total. The Morgan fingerprint density at radius 2 is 1.88 bits per heavy atom. The number of benzene rings is 1. The number of morpholine rings is 1. The number of rotatable bonds is 12. The molecule has 5 rings (SSSR count). The van der Waals surface area contributed by atoms with Crippen LogP contribution in [0.15, 0.2) is 55.6 Å². The van der Waals surface area contributed by atoms with Crippen LogP contribution in [0.5, 0.6) is 0 Å². The number of para-hydroxylation sites is 1. The van der Waals surface area contributed by atoms with Crippen LogP contribution in [0.1, 0.15) is 19.8 Å². The van der Waals surface area contributed by atoms with Gasteiger partial charge in [0.25, 0.3) is 0 Å². The number of hydrogen-bond acceptors (Lipinski definition) is 7. The summed E-state index contributed by atoms with van der Waals surface area (Å²) in [7, 11) is 0. The van der Waals surface area contributed by atoms with E-state index >= 15 is 0 Å². The van der Waals surface area contributed by atoms with E-state index in [1.807, 2.05) is 30.3 Å². The maximum Gasteiger partial charge on any atom is 0.247 e. The van der Waals surface area contributed by atoms with Crippen molar-refractivity contribution < 1.29 is 24.2 Å². The fraction of sp³-hybridized carbons (Fsp3) is 0.581. The average molecular weight is 583 g/mol. The number of likely N-dealkylation sites (tertiary alicyclic amines) is 1. The summed E-state index contributed by atoms with van der Waals surface area (Å²) in [5.41, 5.74) is 0.762. The number of ether oxygens (including phenoxy) is 1. The number of carbonyl (C=O) groups is 3. The lowest BCUT2D eigenvalue weighted by Crippen LogP contribution is -2.58. The van der Waals surface area contributed by atoms with E-state index in [1.165, 1.54) is 0 Å². The van der Waals surface area contributed by atoms with Crippen LogP contribution in [0, 0.1) is 11.8 Å². The van der Waals surface area contributed by atoms with E-state index in [0.717, 1.165) is 25.2 Å². The van der Waals surface area contributed by atoms with Gasteiger partial charge in [-0.05, 0) is 31.9 Å². The molecule has 0 aromatic heterocycles. The number of hydrogen-bond donors (Lipinski definition) is 1. The highest BCUT2D eigenvalue weighted by atomic mass is 32.2. The van der Waals surface area contributed by atoms with Crippen molar-refractivity contribution in [1.82, 2.24) is 14.7 Å². The summed E-state index contributed by atoms with van der Waals surface area (Å²) in [6.45, 7) is 14.2. The van der Waals surface area contributed by atoms with Gasteiger partial charge >= 0.3 is 0 Å². The van der Waals surface area contributed by atoms with Crippen LogP contribution in [0.3, 0.4) is 0 Å². The first-order chi connectivity index (χ1) is 19.9. The van der Waals surface area contributed by atoms with Gasteiger partial charge in [-0.3, -0.25) is 19.3 Å². The fourth-order valence-electron chi connectivity index (χ4n) is 7.16. The Bertz CT molecular complexity index is 1140. The predicted molar refractivity (Wildman–Crippen MR) is 161 cm³/mol. The summed E-state index contributed by atoms with van der Waals surface area (Å²) in [6.07, 6.45) is 4.88. The van der Waals surface area contributed by atoms with Crippen LogP contribution in [0.2, 0.25) is 0 Å². The van der Waals surface area contributed by atoms with Gasteiger partial charge in [0.15, 0.2) is 0 Å². The molecule has 10 heteroatoms. The Kier molecular flexibility index (Phi) is 9.23. The third-order valence-electron chi connectivity index (χ3n) is 9.09. The second kappa shape index (κ2) is 12.7. The van der Waals surface area contributed by atoms with Gasteiger partial charge in [-0.25, -0.2) is 0 Å². The molecule has 1 N–H and O–H groups in total. The molecule has 0 saturated carbocycles. The Hall–Kier alpha value is -2.66. The Labute approximate surface area is 247 Å². The molecule has 1 aromatic rings. The topological polar surface area (TPSA) is 93.6 Å². The van der Waals surface area contributed by atoms with Crippen LogP contribution >= 0.6 is 11.8 Å². The van der Waals surface area contributed by atoms with E-state index in [4.69, 9.17) is 4.74 Å². The summed E-state index contributed by atoms with van der Waals surface area (Å²) in [5.74, 6) is -1.59. The largest absolute Gasteiger partial charge is 0.394 e. The van der Waals surface area contributed by atoms with Gasteiger partial charge in [0, 0.05) is 50.2 Å². The van der Waals surface area contributed by atoms with Crippen LogP contribution in [0.4, 0.5) is 5.69 Å². The first kappa shape index (κ1) is 29.8. The maximum atomic E-state index is 14.5. The fourth-order valence-corrected chi connectivity index (χ4v) is 9.35. The molecule has 2 unspecified atom stereocenters. The second-order valence-electron chi connectivity index (χ2n) is 11.4. The van der Waals surface area contributed by atoms with Crippen molar-refractivity contribution in [3.8, 4) is 0 Å². The normalized spacial score (nSPS) is 29.7. The maximum absolute atomic E-state index is 14.5. The van der Waals surface area contributed by atoms with Gasteiger partial charge < -0.3 is 24.5 Å². The van der Waals surface area contributed by atoms with Crippen LogP contribution < -0.4 is 4.90 Å². The van der Waals surface area contributed by atoms with Gasteiger partial charge in [0.2, 0.25) is 17.7 Å². The third kappa shape index (κ3) is 5.35. The summed E-state index contributed by atoms with van der Waals surface area (Å²) >= 11 is 1.65. The number of aliphatic hydroxyl groups is 1. The minimum absolute atomic E-state index is 0.0458. The van der Waals surface area contributed by atoms with E-state index < -0.39 is 28.7 Å². The van der Waals surface area contributed by atoms with Crippen molar-refractivity contribution in [2.24, 2.45) is 11.8 Å². The molecule has 4 heterocycles. The molecule has 3 amide bonds. The molecule has 41 heavy (non-hydrogen) atoms. The van der Waals surface area contributed by atoms with Crippen LogP contribution in [-0.2, 0) is 19.1 Å². The van der Waals surface area contributed by atoms with Crippen molar-refractivity contribution in [2.45, 2.75) is 41.8 Å². The highest BCUT2D eigenvalue weighted by molar-refractivity contribution is 8.02. The molecule has 1 spiro atoms. The van der Waals surface area contributed by atoms with Gasteiger partial charge in [0.1, 0.15) is 6.04 Å². The molecule has 0 radical (unpaired) electrons. The number of fused-ring (bicyclic) bond motifs is 1. The molecule has 6 atom stereocenters. The van der Waals surface area contributed by atoms with Gasteiger partial charge in [-0.2, -0.15) is 0 Å². The lowest BCUT2D eigenvalue weighted by Gasteiger charge is -2.39. The number of nitrogens with zero attached hydrogens (tertiary/aromatic N) is 4. The van der Waals surface area contributed by atoms with E-state index in [-0.39, 0.29) is 29.6 Å². The number of anilines is 1. The Morgan fingerprint density at radius 1 is 1.17 bits per heavy atom. The van der Waals surface area contributed by atoms with Crippen molar-refractivity contribution in [3.05, 3.63) is 55.6 Å². The third-order valence-corrected chi connectivity index (χ3v) is 11.0. The molecule has 4 fully saturated rings. The lowest BCUT2D eigenvalue weighted by atomic mass is 9.70. The highest BCUT2D eigenvalue weighted by Gasteiger charge is 2.74. The van der Waals surface area contributed by atoms with E-state index in [2.05, 4.69) is 18.1 Å². The number of carbonyl (C=O) groups excluding carboxylic acids is 3. The van der Waals surface area contributed by atoms with Crippen molar-refractivity contribution in [1.29, 1.82) is 0 Å². The summed E-state index contributed by atoms with van der Waals surface area (Å²) in [4.78, 5) is 50.4. The van der Waals surface area contributed by atoms with Gasteiger partial charge in [-0.1, -0.05) is 30.4 Å². The minimum Gasteiger partial charge on any atom is -0.394 e. The molecular weight excluding hydrogens is 540 g/mol. The molecule has 4 aliphatic rings. The monoisotopic (exact) mass is 582 g/mol. The zero-order valence-electron chi connectivity index (χ0n) is 23.9. The first-order valence-electron chi connectivity index (χ1n) is 14.7. The van der Waals surface area contributed by atoms with Crippen molar-refractivity contribution in [2.75, 3.05) is 64.0 Å². The van der Waals surface area contributed by atoms with Crippen molar-refractivity contribution in [3.63, 3.8) is 0 Å². The zero-order valence-corrected chi connectivity index (χ0v) is 24.7. The zero-order chi connectivity index (χ0) is 29.1. The average Bonchev–Trinajstić information content (AvgIpc) is 3.65. The smallest absolute Gasteiger partial charge is 0.247 e. The summed E-state index contributed by atoms with van der Waals surface area (Å²) in [6, 6.07) is 8.17. The molecule has 4 saturated heterocycles. The Morgan fingerprint density at radius 3 is 2.54 bits per heavy atom. The molecule has 1 aromatic carbocycles. The van der Waals surface area contributed by atoms with Crippen LogP contribution in [-0.4, -0.2) is 119 Å². The predicted octanol–water partition coefficient (Wildman–Crippen LogP) is 2.02.